The van der Waals surface area contributed by atoms with Crippen LogP contribution in [0.25, 0.3) is 11.3 Å². The smallest absolute Gasteiger partial charge is 0.270 e. The first-order chi connectivity index (χ1) is 11.3. The van der Waals surface area contributed by atoms with Gasteiger partial charge in [-0.1, -0.05) is 25.3 Å². The summed E-state index contributed by atoms with van der Waals surface area (Å²) in [6.07, 6.45) is 9.50. The zero-order valence-electron chi connectivity index (χ0n) is 13.0. The van der Waals surface area contributed by atoms with Gasteiger partial charge in [-0.25, -0.2) is 4.68 Å². The van der Waals surface area contributed by atoms with Gasteiger partial charge in [-0.2, -0.15) is 5.10 Å². The minimum Gasteiger partial charge on any atom is -0.348 e. The summed E-state index contributed by atoms with van der Waals surface area (Å²) in [7, 11) is 0. The minimum absolute atomic E-state index is 0.0414. The number of fused-ring (bicyclic) bond motifs is 1. The molecule has 0 spiro atoms. The lowest BCUT2D eigenvalue weighted by molar-refractivity contribution is 0.0919. The lowest BCUT2D eigenvalue weighted by Gasteiger charge is -2.22. The SMILES string of the molecule is O=C(NC1CCCCC1)c1ccnn1-c1ccc2ccccn12. The number of nitrogens with zero attached hydrogens (tertiary/aromatic N) is 3. The van der Waals surface area contributed by atoms with Crippen molar-refractivity contribution in [2.24, 2.45) is 0 Å². The number of aromatic nitrogens is 3. The fourth-order valence-electron chi connectivity index (χ4n) is 3.38. The van der Waals surface area contributed by atoms with E-state index in [1.165, 1.54) is 19.3 Å². The van der Waals surface area contributed by atoms with Crippen LogP contribution in [0.3, 0.4) is 0 Å². The summed E-state index contributed by atoms with van der Waals surface area (Å²) >= 11 is 0. The van der Waals surface area contributed by atoms with Gasteiger partial charge in [-0.05, 0) is 43.2 Å². The van der Waals surface area contributed by atoms with Gasteiger partial charge in [0.1, 0.15) is 11.5 Å². The molecule has 1 saturated carbocycles. The van der Waals surface area contributed by atoms with E-state index in [1.54, 1.807) is 16.9 Å². The zero-order valence-corrected chi connectivity index (χ0v) is 13.0. The van der Waals surface area contributed by atoms with Crippen LogP contribution in [0, 0.1) is 0 Å². The molecule has 5 nitrogen and oxygen atoms in total. The fraction of sp³-hybridized carbons (Fsp3) is 0.333. The minimum atomic E-state index is -0.0414. The molecule has 0 aromatic carbocycles. The van der Waals surface area contributed by atoms with Crippen molar-refractivity contribution in [2.75, 3.05) is 0 Å². The van der Waals surface area contributed by atoms with Gasteiger partial charge in [-0.3, -0.25) is 4.79 Å². The summed E-state index contributed by atoms with van der Waals surface area (Å²) in [5, 5.41) is 7.52. The van der Waals surface area contributed by atoms with Gasteiger partial charge in [0.25, 0.3) is 5.91 Å². The standard InChI is InChI=1S/C18H20N4O/c23-18(20-14-6-2-1-3-7-14)16-11-12-19-22(16)17-10-9-15-8-4-5-13-21(15)17/h4-5,8-14H,1-3,6-7H2,(H,20,23). The van der Waals surface area contributed by atoms with E-state index in [9.17, 15) is 4.79 Å². The Kier molecular flexibility index (Phi) is 3.61. The van der Waals surface area contributed by atoms with Crippen molar-refractivity contribution < 1.29 is 4.79 Å². The second-order valence-electron chi connectivity index (χ2n) is 6.12. The third-order valence-electron chi connectivity index (χ3n) is 4.57. The van der Waals surface area contributed by atoms with Crippen molar-refractivity contribution in [2.45, 2.75) is 38.1 Å². The highest BCUT2D eigenvalue weighted by Gasteiger charge is 2.20. The number of amides is 1. The third-order valence-corrected chi connectivity index (χ3v) is 4.57. The topological polar surface area (TPSA) is 51.3 Å². The fourth-order valence-corrected chi connectivity index (χ4v) is 3.38. The van der Waals surface area contributed by atoms with Crippen molar-refractivity contribution in [1.29, 1.82) is 0 Å². The molecule has 3 aromatic rings. The third kappa shape index (κ3) is 2.63. The maximum Gasteiger partial charge on any atom is 0.270 e. The van der Waals surface area contributed by atoms with Gasteiger partial charge >= 0.3 is 0 Å². The zero-order chi connectivity index (χ0) is 15.6. The van der Waals surface area contributed by atoms with E-state index in [4.69, 9.17) is 0 Å². The molecular formula is C18H20N4O. The second kappa shape index (κ2) is 5.91. The molecule has 4 rings (SSSR count). The van der Waals surface area contributed by atoms with Crippen LogP contribution in [0.4, 0.5) is 0 Å². The summed E-state index contributed by atoms with van der Waals surface area (Å²) in [6.45, 7) is 0. The maximum absolute atomic E-state index is 12.6. The average Bonchev–Trinajstić information content (AvgIpc) is 3.22. The second-order valence-corrected chi connectivity index (χ2v) is 6.12. The molecule has 0 radical (unpaired) electrons. The van der Waals surface area contributed by atoms with E-state index < -0.39 is 0 Å². The summed E-state index contributed by atoms with van der Waals surface area (Å²) in [5.74, 6) is 0.833. The number of carbonyl (C=O) groups excluding carboxylic acids is 1. The lowest BCUT2D eigenvalue weighted by atomic mass is 9.95. The molecule has 23 heavy (non-hydrogen) atoms. The highest BCUT2D eigenvalue weighted by molar-refractivity contribution is 5.93. The summed E-state index contributed by atoms with van der Waals surface area (Å²) in [6, 6.07) is 12.1. The van der Waals surface area contributed by atoms with Crippen molar-refractivity contribution in [3.8, 4) is 5.82 Å². The molecule has 1 N–H and O–H groups in total. The Balaban J connectivity index is 1.64. The first-order valence-corrected chi connectivity index (χ1v) is 8.24. The van der Waals surface area contributed by atoms with Crippen LogP contribution >= 0.6 is 0 Å². The molecule has 0 unspecified atom stereocenters. The van der Waals surface area contributed by atoms with E-state index in [0.29, 0.717) is 11.7 Å². The Morgan fingerprint density at radius 2 is 1.96 bits per heavy atom. The first-order valence-electron chi connectivity index (χ1n) is 8.24. The largest absolute Gasteiger partial charge is 0.348 e. The Morgan fingerprint density at radius 1 is 1.09 bits per heavy atom. The molecule has 0 bridgehead atoms. The predicted molar refractivity (Wildman–Crippen MR) is 88.9 cm³/mol. The molecule has 1 amide bonds. The molecule has 5 heteroatoms. The summed E-state index contributed by atoms with van der Waals surface area (Å²) in [5.41, 5.74) is 1.66. The van der Waals surface area contributed by atoms with E-state index in [1.807, 2.05) is 40.9 Å². The number of hydrogen-bond acceptors (Lipinski definition) is 2. The first kappa shape index (κ1) is 14.1. The van der Waals surface area contributed by atoms with Crippen molar-refractivity contribution >= 4 is 11.4 Å². The van der Waals surface area contributed by atoms with Gasteiger partial charge in [0.05, 0.1) is 6.20 Å². The van der Waals surface area contributed by atoms with Gasteiger partial charge in [0.15, 0.2) is 0 Å². The van der Waals surface area contributed by atoms with Crippen LogP contribution in [0.5, 0.6) is 0 Å². The van der Waals surface area contributed by atoms with Crippen molar-refractivity contribution in [3.05, 3.63) is 54.5 Å². The lowest BCUT2D eigenvalue weighted by Crippen LogP contribution is -2.37. The average molecular weight is 308 g/mol. The molecule has 0 aliphatic heterocycles. The van der Waals surface area contributed by atoms with E-state index >= 15 is 0 Å². The monoisotopic (exact) mass is 308 g/mol. The molecule has 3 heterocycles. The highest BCUT2D eigenvalue weighted by Crippen LogP contribution is 2.19. The molecule has 0 saturated heterocycles. The van der Waals surface area contributed by atoms with Crippen molar-refractivity contribution in [3.63, 3.8) is 0 Å². The van der Waals surface area contributed by atoms with Crippen LogP contribution in [0.15, 0.2) is 48.8 Å². The summed E-state index contributed by atoms with van der Waals surface area (Å²) in [4.78, 5) is 12.6. The van der Waals surface area contributed by atoms with Crippen LogP contribution < -0.4 is 5.32 Å². The number of carbonyl (C=O) groups is 1. The Labute approximate surface area is 134 Å². The van der Waals surface area contributed by atoms with Gasteiger partial charge in [0, 0.05) is 17.8 Å². The molecule has 1 fully saturated rings. The molecular weight excluding hydrogens is 288 g/mol. The van der Waals surface area contributed by atoms with Gasteiger partial charge in [-0.15, -0.1) is 0 Å². The summed E-state index contributed by atoms with van der Waals surface area (Å²) < 4.78 is 3.75. The Hall–Kier alpha value is -2.56. The van der Waals surface area contributed by atoms with E-state index in [2.05, 4.69) is 10.4 Å². The Morgan fingerprint density at radius 3 is 2.83 bits per heavy atom. The number of rotatable bonds is 3. The maximum atomic E-state index is 12.6. The van der Waals surface area contributed by atoms with Crippen LogP contribution in [0.1, 0.15) is 42.6 Å². The highest BCUT2D eigenvalue weighted by atomic mass is 16.2. The predicted octanol–water partition coefficient (Wildman–Crippen LogP) is 3.19. The van der Waals surface area contributed by atoms with Crippen molar-refractivity contribution in [1.82, 2.24) is 19.5 Å². The number of nitrogens with one attached hydrogen (secondary N) is 1. The normalized spacial score (nSPS) is 15.8. The van der Waals surface area contributed by atoms with Crippen LogP contribution in [0.2, 0.25) is 0 Å². The van der Waals surface area contributed by atoms with Crippen LogP contribution in [-0.2, 0) is 0 Å². The molecule has 3 aromatic heterocycles. The molecule has 1 aliphatic rings. The van der Waals surface area contributed by atoms with Crippen LogP contribution in [-0.4, -0.2) is 26.1 Å². The molecule has 118 valence electrons. The van der Waals surface area contributed by atoms with E-state index in [0.717, 1.165) is 24.2 Å². The molecule has 1 aliphatic carbocycles. The Bertz CT molecular complexity index is 826. The number of hydrogen-bond donors (Lipinski definition) is 1. The quantitative estimate of drug-likeness (QED) is 0.808. The van der Waals surface area contributed by atoms with Gasteiger partial charge in [0.2, 0.25) is 0 Å². The number of pyridine rings is 1. The van der Waals surface area contributed by atoms with E-state index in [-0.39, 0.29) is 5.91 Å². The van der Waals surface area contributed by atoms with Gasteiger partial charge < -0.3 is 9.72 Å². The molecule has 0 atom stereocenters.